The summed E-state index contributed by atoms with van der Waals surface area (Å²) in [6.07, 6.45) is 5.59. The van der Waals surface area contributed by atoms with Gasteiger partial charge in [-0.3, -0.25) is 0 Å². The largest absolute Gasteiger partial charge is 0.313 e. The lowest BCUT2D eigenvalue weighted by molar-refractivity contribution is 0.290. The molecule has 2 heteroatoms. The first-order valence-electron chi connectivity index (χ1n) is 7.01. The first-order valence-corrected chi connectivity index (χ1v) is 7.89. The molecule has 0 bridgehead atoms. The topological polar surface area (TPSA) is 12.0 Å². The molecule has 1 aliphatic carbocycles. The summed E-state index contributed by atoms with van der Waals surface area (Å²) in [5.74, 6) is 1.75. The molecule has 2 heterocycles. The van der Waals surface area contributed by atoms with Crippen molar-refractivity contribution in [3.63, 3.8) is 0 Å². The van der Waals surface area contributed by atoms with Crippen LogP contribution in [0.4, 0.5) is 0 Å². The molecule has 17 heavy (non-hydrogen) atoms. The smallest absolute Gasteiger partial charge is 0.0240 e. The van der Waals surface area contributed by atoms with E-state index in [0.717, 1.165) is 11.8 Å². The molecule has 1 saturated heterocycles. The molecule has 2 atom stereocenters. The average Bonchev–Trinajstić information content (AvgIpc) is 2.85. The van der Waals surface area contributed by atoms with Crippen molar-refractivity contribution in [1.82, 2.24) is 5.32 Å². The van der Waals surface area contributed by atoms with Crippen molar-refractivity contribution in [2.24, 2.45) is 11.8 Å². The van der Waals surface area contributed by atoms with Crippen molar-refractivity contribution >= 4 is 11.3 Å². The van der Waals surface area contributed by atoms with E-state index in [1.165, 1.54) is 32.2 Å². The molecule has 2 unspecified atom stereocenters. The van der Waals surface area contributed by atoms with Crippen molar-refractivity contribution < 1.29 is 0 Å². The first-order chi connectivity index (χ1) is 8.23. The summed E-state index contributed by atoms with van der Waals surface area (Å²) in [5, 5.41) is 6.05. The van der Waals surface area contributed by atoms with Gasteiger partial charge in [0.1, 0.15) is 0 Å². The molecular weight excluding hydrogens is 226 g/mol. The molecule has 0 amide bonds. The van der Waals surface area contributed by atoms with Gasteiger partial charge in [0.25, 0.3) is 0 Å². The van der Waals surface area contributed by atoms with Crippen molar-refractivity contribution in [2.75, 3.05) is 6.54 Å². The minimum absolute atomic E-state index is 0.485. The van der Waals surface area contributed by atoms with Gasteiger partial charge >= 0.3 is 0 Å². The monoisotopic (exact) mass is 249 g/mol. The zero-order valence-electron chi connectivity index (χ0n) is 10.9. The van der Waals surface area contributed by atoms with Gasteiger partial charge in [-0.15, -0.1) is 11.3 Å². The van der Waals surface area contributed by atoms with E-state index in [2.05, 4.69) is 36.7 Å². The molecule has 0 radical (unpaired) electrons. The van der Waals surface area contributed by atoms with Crippen molar-refractivity contribution in [1.29, 1.82) is 0 Å². The van der Waals surface area contributed by atoms with Crippen molar-refractivity contribution in [3.8, 4) is 0 Å². The fourth-order valence-corrected chi connectivity index (χ4v) is 4.79. The molecule has 3 rings (SSSR count). The molecule has 94 valence electrons. The maximum Gasteiger partial charge on any atom is 0.0240 e. The molecule has 0 aromatic carbocycles. The van der Waals surface area contributed by atoms with E-state index >= 15 is 0 Å². The van der Waals surface area contributed by atoms with Gasteiger partial charge in [-0.2, -0.15) is 0 Å². The molecule has 1 saturated carbocycles. The summed E-state index contributed by atoms with van der Waals surface area (Å²) in [7, 11) is 0. The molecule has 1 aromatic heterocycles. The summed E-state index contributed by atoms with van der Waals surface area (Å²) >= 11 is 1.98. The number of thiophene rings is 1. The zero-order chi connectivity index (χ0) is 11.9. The van der Waals surface area contributed by atoms with Gasteiger partial charge in [-0.25, -0.2) is 0 Å². The van der Waals surface area contributed by atoms with Gasteiger partial charge in [0, 0.05) is 16.3 Å². The highest BCUT2D eigenvalue weighted by atomic mass is 32.1. The predicted molar refractivity (Wildman–Crippen MR) is 74.6 cm³/mol. The Hall–Kier alpha value is -0.340. The highest BCUT2D eigenvalue weighted by Gasteiger charge is 2.54. The van der Waals surface area contributed by atoms with Gasteiger partial charge in [0.2, 0.25) is 0 Å². The number of hydrogen-bond acceptors (Lipinski definition) is 2. The van der Waals surface area contributed by atoms with Crippen LogP contribution in [0.15, 0.2) is 17.5 Å². The summed E-state index contributed by atoms with van der Waals surface area (Å²) in [6, 6.07) is 5.33. The van der Waals surface area contributed by atoms with Crippen LogP contribution in [0.3, 0.4) is 0 Å². The lowest BCUT2D eigenvalue weighted by Gasteiger charge is -2.36. The van der Waals surface area contributed by atoms with Crippen LogP contribution in [0.2, 0.25) is 0 Å². The highest BCUT2D eigenvalue weighted by Crippen LogP contribution is 2.55. The highest BCUT2D eigenvalue weighted by molar-refractivity contribution is 7.10. The Labute approximate surface area is 109 Å². The van der Waals surface area contributed by atoms with Gasteiger partial charge in [0.05, 0.1) is 0 Å². The number of rotatable bonds is 4. The lowest BCUT2D eigenvalue weighted by Crippen LogP contribution is -2.42. The minimum Gasteiger partial charge on any atom is -0.313 e. The quantitative estimate of drug-likeness (QED) is 0.856. The van der Waals surface area contributed by atoms with Crippen molar-refractivity contribution in [3.05, 3.63) is 22.4 Å². The Balaban J connectivity index is 1.93. The first kappa shape index (κ1) is 11.7. The van der Waals surface area contributed by atoms with Crippen LogP contribution >= 0.6 is 11.3 Å². The molecule has 1 N–H and O–H groups in total. The van der Waals surface area contributed by atoms with E-state index in [0.29, 0.717) is 11.5 Å². The molecule has 2 aliphatic rings. The third kappa shape index (κ3) is 1.96. The third-order valence-electron chi connectivity index (χ3n) is 4.54. The second-order valence-corrected chi connectivity index (χ2v) is 7.13. The standard InChI is InChI=1S/C15H23NS/c1-11(2)10-13-15(7-8-16-13,12-5-6-12)14-4-3-9-17-14/h3-4,9,11-13,16H,5-8,10H2,1-2H3. The van der Waals surface area contributed by atoms with Gasteiger partial charge < -0.3 is 5.32 Å². The van der Waals surface area contributed by atoms with E-state index in [4.69, 9.17) is 0 Å². The summed E-state index contributed by atoms with van der Waals surface area (Å²) in [5.41, 5.74) is 0.485. The summed E-state index contributed by atoms with van der Waals surface area (Å²) in [6.45, 7) is 5.92. The van der Waals surface area contributed by atoms with E-state index in [1.807, 2.05) is 11.3 Å². The van der Waals surface area contributed by atoms with Gasteiger partial charge in [-0.05, 0) is 55.5 Å². The number of hydrogen-bond donors (Lipinski definition) is 1. The Morgan fingerprint density at radius 1 is 1.47 bits per heavy atom. The fourth-order valence-electron chi connectivity index (χ4n) is 3.70. The third-order valence-corrected chi connectivity index (χ3v) is 5.61. The van der Waals surface area contributed by atoms with Crippen LogP contribution in [-0.2, 0) is 5.41 Å². The Morgan fingerprint density at radius 3 is 2.88 bits per heavy atom. The van der Waals surface area contributed by atoms with Gasteiger partial charge in [0.15, 0.2) is 0 Å². The van der Waals surface area contributed by atoms with Crippen LogP contribution in [0, 0.1) is 11.8 Å². The SMILES string of the molecule is CC(C)CC1NCCC1(c1cccs1)C1CC1. The Bertz CT molecular complexity index is 366. The maximum atomic E-state index is 3.80. The minimum atomic E-state index is 0.485. The maximum absolute atomic E-state index is 3.80. The van der Waals surface area contributed by atoms with Crippen LogP contribution in [0.1, 0.15) is 44.4 Å². The molecule has 2 fully saturated rings. The predicted octanol–water partition coefficient (Wildman–Crippen LogP) is 3.80. The van der Waals surface area contributed by atoms with Crippen LogP contribution < -0.4 is 5.32 Å². The molecular formula is C15H23NS. The van der Waals surface area contributed by atoms with E-state index in [9.17, 15) is 0 Å². The van der Waals surface area contributed by atoms with Crippen molar-refractivity contribution in [2.45, 2.75) is 51.0 Å². The summed E-state index contributed by atoms with van der Waals surface area (Å²) < 4.78 is 0. The molecule has 1 aliphatic heterocycles. The number of nitrogens with one attached hydrogen (secondary N) is 1. The second-order valence-electron chi connectivity index (χ2n) is 6.18. The van der Waals surface area contributed by atoms with E-state index in [1.54, 1.807) is 4.88 Å². The van der Waals surface area contributed by atoms with E-state index < -0.39 is 0 Å². The van der Waals surface area contributed by atoms with E-state index in [-0.39, 0.29) is 0 Å². The normalized spacial score (nSPS) is 33.5. The zero-order valence-corrected chi connectivity index (χ0v) is 11.7. The fraction of sp³-hybridized carbons (Fsp3) is 0.733. The lowest BCUT2D eigenvalue weighted by atomic mass is 9.72. The Kier molecular flexibility index (Phi) is 3.04. The van der Waals surface area contributed by atoms with Crippen LogP contribution in [0.5, 0.6) is 0 Å². The Morgan fingerprint density at radius 2 is 2.29 bits per heavy atom. The molecule has 1 nitrogen and oxygen atoms in total. The summed E-state index contributed by atoms with van der Waals surface area (Å²) in [4.78, 5) is 1.65. The molecule has 0 spiro atoms. The van der Waals surface area contributed by atoms with Crippen LogP contribution in [-0.4, -0.2) is 12.6 Å². The van der Waals surface area contributed by atoms with Gasteiger partial charge in [-0.1, -0.05) is 19.9 Å². The molecule has 1 aromatic rings. The second kappa shape index (κ2) is 4.40. The average molecular weight is 249 g/mol. The van der Waals surface area contributed by atoms with Crippen LogP contribution in [0.25, 0.3) is 0 Å².